The number of aromatic hydroxyl groups is 1. The average Bonchev–Trinajstić information content (AvgIpc) is 3.32. The molecule has 0 bridgehead atoms. The topological polar surface area (TPSA) is 414 Å². The van der Waals surface area contributed by atoms with Gasteiger partial charge < -0.3 is 24.8 Å². The van der Waals surface area contributed by atoms with E-state index in [1.54, 1.807) is 42.5 Å². The number of halogens is 1. The third kappa shape index (κ3) is 16.1. The quantitative estimate of drug-likeness (QED) is 0.0200. The smallest absolute Gasteiger partial charge is 0.397 e. The van der Waals surface area contributed by atoms with E-state index in [1.807, 2.05) is 18.7 Å². The van der Waals surface area contributed by atoms with E-state index in [0.717, 1.165) is 42.5 Å². The van der Waals surface area contributed by atoms with Crippen molar-refractivity contribution < 1.29 is 78.0 Å². The molecule has 1 aromatic heterocycles. The SMILES string of the molecule is CCN(CC)c1ccc(N=Nc2cc(S(=O)(=O)O)cc3cc(S(=O)O)c(N=Nc4ccc(S(=O)(=O)CCOS(=O)(=O)O)cc4)c(O)c23)c(Nc2nc(Cl)nc(N(CCS(=O)(=O)CCOS(=O)(=O)O)c3ccccc3)n2)c1. The molecule has 0 saturated heterocycles. The summed E-state index contributed by atoms with van der Waals surface area (Å²) in [6.45, 7) is 2.82. The number of benzene rings is 5. The van der Waals surface area contributed by atoms with E-state index in [0.29, 0.717) is 24.5 Å². The van der Waals surface area contributed by atoms with Crippen molar-refractivity contribution in [3.63, 3.8) is 0 Å². The number of phenolic OH excluding ortho intramolecular Hbond substituents is 1. The van der Waals surface area contributed by atoms with Gasteiger partial charge in [-0.25, -0.2) is 29.4 Å². The molecule has 6 aromatic rings. The molecule has 0 saturated carbocycles. The highest BCUT2D eigenvalue weighted by molar-refractivity contribution is 7.91. The maximum Gasteiger partial charge on any atom is 0.397 e. The van der Waals surface area contributed by atoms with Crippen LogP contribution in [0.1, 0.15) is 13.8 Å². The van der Waals surface area contributed by atoms with Crippen molar-refractivity contribution in [3.8, 4) is 5.75 Å². The molecule has 0 radical (unpaired) electrons. The average molecular weight is 1190 g/mol. The van der Waals surface area contributed by atoms with Crippen LogP contribution < -0.4 is 15.1 Å². The van der Waals surface area contributed by atoms with E-state index >= 15 is 0 Å². The minimum absolute atomic E-state index is 0.00132. The third-order valence-electron chi connectivity index (χ3n) is 10.4. The van der Waals surface area contributed by atoms with E-state index in [-0.39, 0.29) is 56.5 Å². The number of sulfone groups is 2. The Labute approximate surface area is 442 Å². The molecule has 0 spiro atoms. The van der Waals surface area contributed by atoms with Gasteiger partial charge in [0.2, 0.25) is 17.2 Å². The van der Waals surface area contributed by atoms with Crippen LogP contribution in [-0.4, -0.2) is 135 Å². The number of azo groups is 2. The number of nitrogens with zero attached hydrogens (tertiary/aromatic N) is 9. The first-order valence-corrected chi connectivity index (χ1v) is 30.6. The Balaban J connectivity index is 1.42. The fraction of sp³-hybridized carbons (Fsp3) is 0.244. The molecule has 6 N–H and O–H groups in total. The van der Waals surface area contributed by atoms with Crippen molar-refractivity contribution in [3.05, 3.63) is 96.3 Å². The van der Waals surface area contributed by atoms with Crippen LogP contribution in [0.15, 0.2) is 126 Å². The highest BCUT2D eigenvalue weighted by atomic mass is 35.5. The Bertz CT molecular complexity index is 3800. The molecule has 6 rings (SSSR count). The van der Waals surface area contributed by atoms with Crippen LogP contribution in [0, 0.1) is 0 Å². The van der Waals surface area contributed by atoms with Gasteiger partial charge in [-0.1, -0.05) is 18.2 Å². The lowest BCUT2D eigenvalue weighted by atomic mass is 10.1. The summed E-state index contributed by atoms with van der Waals surface area (Å²) in [5, 5.41) is 30.3. The largest absolute Gasteiger partial charge is 0.505 e. The minimum atomic E-state index is -5.03. The van der Waals surface area contributed by atoms with Gasteiger partial charge in [0.1, 0.15) is 11.4 Å². The van der Waals surface area contributed by atoms with Crippen LogP contribution in [0.5, 0.6) is 5.75 Å². The van der Waals surface area contributed by atoms with E-state index in [4.69, 9.17) is 20.7 Å². The predicted octanol–water partition coefficient (Wildman–Crippen LogP) is 6.60. The van der Waals surface area contributed by atoms with Crippen LogP contribution in [0.2, 0.25) is 5.28 Å². The number of fused-ring (bicyclic) bond motifs is 1. The van der Waals surface area contributed by atoms with Crippen LogP contribution in [-0.2, 0) is 70.0 Å². The minimum Gasteiger partial charge on any atom is -0.505 e. The highest BCUT2D eigenvalue weighted by Crippen LogP contribution is 2.46. The summed E-state index contributed by atoms with van der Waals surface area (Å²) in [6, 6.07) is 20.2. The van der Waals surface area contributed by atoms with Gasteiger partial charge in [0.25, 0.3) is 10.1 Å². The van der Waals surface area contributed by atoms with Gasteiger partial charge >= 0.3 is 20.8 Å². The molecule has 35 heteroatoms. The second-order valence-corrected chi connectivity index (χ2v) is 24.7. The molecule has 5 aromatic carbocycles. The van der Waals surface area contributed by atoms with E-state index < -0.39 is 119 Å². The maximum absolute atomic E-state index is 13.0. The Morgan fingerprint density at radius 2 is 1.32 bits per heavy atom. The second kappa shape index (κ2) is 24.4. The lowest BCUT2D eigenvalue weighted by Crippen LogP contribution is -2.29. The number of nitrogens with one attached hydrogen (secondary N) is 1. The van der Waals surface area contributed by atoms with Crippen LogP contribution >= 0.6 is 11.6 Å². The summed E-state index contributed by atoms with van der Waals surface area (Å²) in [7, 11) is -23.0. The summed E-state index contributed by atoms with van der Waals surface area (Å²) in [5.74, 6) is -3.45. The zero-order valence-electron chi connectivity index (χ0n) is 39.2. The van der Waals surface area contributed by atoms with Gasteiger partial charge in [-0.05, 0) is 104 Å². The number of phenols is 1. The molecule has 0 aliphatic carbocycles. The van der Waals surface area contributed by atoms with Crippen molar-refractivity contribution in [1.82, 2.24) is 15.0 Å². The Morgan fingerprint density at radius 3 is 1.92 bits per heavy atom. The van der Waals surface area contributed by atoms with E-state index in [2.05, 4.69) is 49.1 Å². The van der Waals surface area contributed by atoms with E-state index in [1.165, 1.54) is 11.0 Å². The Morgan fingerprint density at radius 1 is 0.684 bits per heavy atom. The Hall–Kier alpha value is -6.28. The molecule has 0 amide bonds. The molecule has 0 aliphatic heterocycles. The fourth-order valence-corrected chi connectivity index (χ4v) is 11.0. The fourth-order valence-electron chi connectivity index (χ4n) is 6.88. The summed E-state index contributed by atoms with van der Waals surface area (Å²) >= 11 is 3.50. The molecule has 76 heavy (non-hydrogen) atoms. The zero-order chi connectivity index (χ0) is 55.8. The number of aromatic nitrogens is 3. The monoisotopic (exact) mass is 1190 g/mol. The molecule has 1 unspecified atom stereocenters. The molecule has 1 heterocycles. The lowest BCUT2D eigenvalue weighted by molar-refractivity contribution is 0.282. The molecule has 0 aliphatic rings. The maximum atomic E-state index is 13.0. The summed E-state index contributed by atoms with van der Waals surface area (Å²) in [6.07, 6.45) is 0. The molecule has 408 valence electrons. The standard InChI is InChI=1S/C41H43ClN10O18S6/c1-3-51(4-2)29-12-15-32(33(24-29)43-40-44-39(42)45-41(46-40)52(28-8-6-5-7-9-28)16-19-72(56,57)20-17-69-75(63,64)65)48-49-34-25-31(74(60,61)62)22-26-23-35(71(54)55)37(38(53)36(26)34)50-47-27-10-13-30(14-11-27)73(58,59)21-18-70-76(66,67)68/h5-15,22-25,53H,3-4,16-21H2,1-2H3,(H,54,55)(H,60,61,62)(H,63,64,65)(H,66,67,68)(H,43,44,45,46). The Kier molecular flexibility index (Phi) is 18.9. The normalized spacial score (nSPS) is 13.1. The molecule has 0 fully saturated rings. The lowest BCUT2D eigenvalue weighted by Gasteiger charge is -2.24. The second-order valence-electron chi connectivity index (χ2n) is 15.4. The van der Waals surface area contributed by atoms with E-state index in [9.17, 15) is 60.5 Å². The molecule has 1 atom stereocenters. The van der Waals surface area contributed by atoms with Crippen LogP contribution in [0.25, 0.3) is 10.8 Å². The molecular weight excluding hydrogens is 1150 g/mol. The van der Waals surface area contributed by atoms with Gasteiger partial charge in [-0.2, -0.15) is 45.3 Å². The van der Waals surface area contributed by atoms with Crippen molar-refractivity contribution in [2.75, 3.05) is 65.2 Å². The van der Waals surface area contributed by atoms with Crippen molar-refractivity contribution in [2.45, 2.75) is 28.5 Å². The number of hydrogen-bond donors (Lipinski definition) is 6. The summed E-state index contributed by atoms with van der Waals surface area (Å²) in [4.78, 5) is 14.6. The first-order chi connectivity index (χ1) is 35.6. The molecular formula is C41H43ClN10O18S6. The predicted molar refractivity (Wildman–Crippen MR) is 277 cm³/mol. The zero-order valence-corrected chi connectivity index (χ0v) is 44.9. The van der Waals surface area contributed by atoms with Gasteiger partial charge in [0.15, 0.2) is 36.5 Å². The van der Waals surface area contributed by atoms with Crippen LogP contribution in [0.4, 0.5) is 51.7 Å². The summed E-state index contributed by atoms with van der Waals surface area (Å²) in [5.41, 5.74) is 0.0308. The van der Waals surface area contributed by atoms with Gasteiger partial charge in [-0.3, -0.25) is 13.7 Å². The van der Waals surface area contributed by atoms with Crippen molar-refractivity contribution >= 4 is 136 Å². The van der Waals surface area contributed by atoms with Crippen molar-refractivity contribution in [2.24, 2.45) is 20.5 Å². The molecule has 28 nitrogen and oxygen atoms in total. The highest BCUT2D eigenvalue weighted by Gasteiger charge is 2.25. The first kappa shape index (κ1) is 59.0. The van der Waals surface area contributed by atoms with Gasteiger partial charge in [-0.15, -0.1) is 15.3 Å². The number of hydrogen-bond acceptors (Lipinski definition) is 24. The number of anilines is 5. The van der Waals surface area contributed by atoms with Crippen molar-refractivity contribution in [1.29, 1.82) is 0 Å². The van der Waals surface area contributed by atoms with Gasteiger partial charge in [0.05, 0.1) is 67.6 Å². The summed E-state index contributed by atoms with van der Waals surface area (Å²) < 4.78 is 179. The third-order valence-corrected chi connectivity index (χ3v) is 16.3. The first-order valence-electron chi connectivity index (χ1n) is 21.5. The van der Waals surface area contributed by atoms with Gasteiger partial charge in [0, 0.05) is 31.0 Å². The number of rotatable bonds is 25. The van der Waals surface area contributed by atoms with Crippen LogP contribution in [0.3, 0.4) is 0 Å². The number of para-hydroxylation sites is 1.